The summed E-state index contributed by atoms with van der Waals surface area (Å²) in [5, 5.41) is 1.80. The van der Waals surface area contributed by atoms with Gasteiger partial charge in [-0.3, -0.25) is 0 Å². The molecule has 0 saturated carbocycles. The average Bonchev–Trinajstić information content (AvgIpc) is 3.24. The molecule has 1 saturated heterocycles. The fourth-order valence-corrected chi connectivity index (χ4v) is 5.86. The van der Waals surface area contributed by atoms with Crippen LogP contribution in [0.1, 0.15) is 22.3 Å². The monoisotopic (exact) mass is 626 g/mol. The van der Waals surface area contributed by atoms with E-state index in [0.29, 0.717) is 41.3 Å². The molecule has 2 atom stereocenters. The van der Waals surface area contributed by atoms with Gasteiger partial charge in [0.15, 0.2) is 0 Å². The Morgan fingerprint density at radius 2 is 2.08 bits per heavy atom. The maximum absolute atomic E-state index is 14.6. The van der Waals surface area contributed by atoms with E-state index < -0.39 is 32.2 Å². The summed E-state index contributed by atoms with van der Waals surface area (Å²) in [5.41, 5.74) is 1.68. The van der Waals surface area contributed by atoms with Gasteiger partial charge in [-0.2, -0.15) is 0 Å². The summed E-state index contributed by atoms with van der Waals surface area (Å²) in [5.74, 6) is 6.34. The van der Waals surface area contributed by atoms with Gasteiger partial charge in [0.2, 0.25) is 0 Å². The fraction of sp³-hybridized carbons (Fsp3) is 0.407. The van der Waals surface area contributed by atoms with Crippen LogP contribution in [0.2, 0.25) is 0 Å². The molecule has 0 aliphatic carbocycles. The normalized spacial score (nSPS) is 17.7. The van der Waals surface area contributed by atoms with Gasteiger partial charge in [0.05, 0.1) is 0 Å². The SMILES string of the molecule is COc1cc(C(=O)N(C)C)ccc1NCC#Cc1cc2c(NC3CCN(C)CC3F)nccn2c1[Se]C(F)(F)F. The Bertz CT molecular complexity index is 1430. The van der Waals surface area contributed by atoms with Gasteiger partial charge in [0.25, 0.3) is 0 Å². The molecule has 13 heteroatoms. The van der Waals surface area contributed by atoms with Gasteiger partial charge in [-0.25, -0.2) is 0 Å². The summed E-state index contributed by atoms with van der Waals surface area (Å²) >= 11 is -1.87. The van der Waals surface area contributed by atoms with E-state index in [4.69, 9.17) is 4.74 Å². The van der Waals surface area contributed by atoms with E-state index in [2.05, 4.69) is 27.5 Å². The number of carbonyl (C=O) groups is 1. The van der Waals surface area contributed by atoms with Crippen LogP contribution in [0.5, 0.6) is 5.75 Å². The third kappa shape index (κ3) is 6.99. The van der Waals surface area contributed by atoms with E-state index in [1.165, 1.54) is 28.8 Å². The van der Waals surface area contributed by atoms with Crippen molar-refractivity contribution < 1.29 is 27.1 Å². The number of ether oxygens (including phenoxy) is 1. The average molecular weight is 626 g/mol. The third-order valence-electron chi connectivity index (χ3n) is 6.38. The quantitative estimate of drug-likeness (QED) is 0.239. The van der Waals surface area contributed by atoms with Crippen molar-refractivity contribution in [2.75, 3.05) is 58.5 Å². The van der Waals surface area contributed by atoms with Crippen molar-refractivity contribution in [3.63, 3.8) is 0 Å². The van der Waals surface area contributed by atoms with Gasteiger partial charge in [0, 0.05) is 14.1 Å². The zero-order valence-corrected chi connectivity index (χ0v) is 24.2. The molecule has 3 heterocycles. The van der Waals surface area contributed by atoms with Gasteiger partial charge >= 0.3 is 222 Å². The number of methoxy groups -OCH3 is 1. The molecule has 2 unspecified atom stereocenters. The number of alkyl halides is 4. The third-order valence-corrected chi connectivity index (χ3v) is 8.14. The topological polar surface area (TPSA) is 74.1 Å². The first-order valence-corrected chi connectivity index (χ1v) is 14.2. The molecule has 2 aromatic heterocycles. The van der Waals surface area contributed by atoms with E-state index >= 15 is 0 Å². The van der Waals surface area contributed by atoms with Crippen LogP contribution in [0.15, 0.2) is 36.7 Å². The number of hydrogen-bond acceptors (Lipinski definition) is 6. The number of carbonyl (C=O) groups excluding carboxylic acids is 1. The van der Waals surface area contributed by atoms with E-state index in [1.54, 1.807) is 38.4 Å². The molecule has 1 aromatic carbocycles. The van der Waals surface area contributed by atoms with Crippen LogP contribution in [0.25, 0.3) is 5.52 Å². The summed E-state index contributed by atoms with van der Waals surface area (Å²) in [6.07, 6.45) is 2.29. The van der Waals surface area contributed by atoms with Crippen molar-refractivity contribution in [3.8, 4) is 17.6 Å². The minimum absolute atomic E-state index is 0.0391. The first kappa shape index (κ1) is 29.5. The Labute approximate surface area is 236 Å². The van der Waals surface area contributed by atoms with Crippen LogP contribution in [0.4, 0.5) is 29.1 Å². The number of halogens is 4. The summed E-state index contributed by atoms with van der Waals surface area (Å²) in [7, 11) is 6.62. The predicted octanol–water partition coefficient (Wildman–Crippen LogP) is 2.81. The molecule has 1 fully saturated rings. The van der Waals surface area contributed by atoms with Crippen molar-refractivity contribution in [1.29, 1.82) is 0 Å². The molecule has 0 bridgehead atoms. The van der Waals surface area contributed by atoms with Crippen molar-refractivity contribution in [3.05, 3.63) is 47.8 Å². The minimum atomic E-state index is -4.40. The molecule has 4 rings (SSSR count). The number of rotatable bonds is 7. The molecule has 8 nitrogen and oxygen atoms in total. The molecular formula is C27H30F4N6O2Se. The molecule has 1 aliphatic rings. The van der Waals surface area contributed by atoms with Crippen LogP contribution < -0.4 is 20.0 Å². The van der Waals surface area contributed by atoms with Gasteiger partial charge in [-0.1, -0.05) is 0 Å². The molecular weight excluding hydrogens is 595 g/mol. The second-order valence-electron chi connectivity index (χ2n) is 9.53. The molecule has 3 aromatic rings. The summed E-state index contributed by atoms with van der Waals surface area (Å²) in [6, 6.07) is 6.02. The van der Waals surface area contributed by atoms with Crippen molar-refractivity contribution in [1.82, 2.24) is 19.2 Å². The summed E-state index contributed by atoms with van der Waals surface area (Å²) in [4.78, 5) is 19.9. The Morgan fingerprint density at radius 3 is 2.75 bits per heavy atom. The van der Waals surface area contributed by atoms with Gasteiger partial charge < -0.3 is 0 Å². The maximum atomic E-state index is 14.6. The van der Waals surface area contributed by atoms with E-state index in [-0.39, 0.29) is 29.2 Å². The first-order valence-electron chi connectivity index (χ1n) is 12.4. The number of likely N-dealkylation sites (tertiary alicyclic amines) is 1. The van der Waals surface area contributed by atoms with Crippen molar-refractivity contribution >= 4 is 42.5 Å². The van der Waals surface area contributed by atoms with Crippen LogP contribution in [0, 0.1) is 11.8 Å². The van der Waals surface area contributed by atoms with E-state index in [0.717, 1.165) is 0 Å². The number of hydrogen-bond donors (Lipinski definition) is 2. The van der Waals surface area contributed by atoms with Gasteiger partial charge in [-0.15, -0.1) is 0 Å². The fourth-order valence-electron chi connectivity index (χ4n) is 4.39. The predicted molar refractivity (Wildman–Crippen MR) is 147 cm³/mol. The molecule has 40 heavy (non-hydrogen) atoms. The summed E-state index contributed by atoms with van der Waals surface area (Å²) in [6.45, 7) is 1.09. The van der Waals surface area contributed by atoms with Crippen molar-refractivity contribution in [2.24, 2.45) is 0 Å². The number of amides is 1. The molecule has 0 spiro atoms. The second-order valence-corrected chi connectivity index (χ2v) is 11.7. The number of piperidine rings is 1. The Hall–Kier alpha value is -3.46. The van der Waals surface area contributed by atoms with Crippen LogP contribution >= 0.6 is 0 Å². The standard InChI is InChI=1S/C27H30F4N6O2Se/c1-35(2)25(38)17-7-8-21(23(15-17)39-4)32-10-5-6-18-14-22-24(34-20-9-12-36(3)16-19(20)28)33-11-13-37(22)26(18)40-27(29,30)31/h7-8,11,13-15,19-20,32H,9-10,12,16H2,1-4H3,(H,33,34). The second kappa shape index (κ2) is 12.4. The van der Waals surface area contributed by atoms with Crippen LogP contribution in [-0.2, 0) is 0 Å². The number of nitrogens with zero attached hydrogens (tertiary/aromatic N) is 4. The van der Waals surface area contributed by atoms with Gasteiger partial charge in [0.1, 0.15) is 0 Å². The molecule has 2 N–H and O–H groups in total. The van der Waals surface area contributed by atoms with Crippen LogP contribution in [-0.4, -0.2) is 105 Å². The van der Waals surface area contributed by atoms with E-state index in [1.807, 2.05) is 11.9 Å². The Balaban J connectivity index is 1.59. The van der Waals surface area contributed by atoms with E-state index in [9.17, 15) is 22.4 Å². The molecule has 0 radical (unpaired) electrons. The number of nitrogens with one attached hydrogen (secondary N) is 2. The number of anilines is 2. The number of aromatic nitrogens is 2. The molecule has 1 amide bonds. The first-order chi connectivity index (χ1) is 19.0. The Morgan fingerprint density at radius 1 is 1.30 bits per heavy atom. The summed E-state index contributed by atoms with van der Waals surface area (Å²) < 4.78 is 62.1. The zero-order valence-electron chi connectivity index (χ0n) is 22.5. The Kier molecular flexibility index (Phi) is 9.13. The zero-order chi connectivity index (χ0) is 29.0. The molecule has 214 valence electrons. The number of fused-ring (bicyclic) bond motifs is 1. The number of benzene rings is 1. The van der Waals surface area contributed by atoms with Crippen LogP contribution in [0.3, 0.4) is 0 Å². The molecule has 1 aliphatic heterocycles. The van der Waals surface area contributed by atoms with Crippen molar-refractivity contribution in [2.45, 2.75) is 23.7 Å². The van der Waals surface area contributed by atoms with Gasteiger partial charge in [-0.05, 0) is 0 Å².